The molecule has 0 bridgehead atoms. The molecule has 0 aromatic carbocycles. The van der Waals surface area contributed by atoms with Crippen LogP contribution in [-0.4, -0.2) is 27.9 Å². The molecule has 1 heterocycles. The summed E-state index contributed by atoms with van der Waals surface area (Å²) in [5.41, 5.74) is 2.38. The van der Waals surface area contributed by atoms with E-state index in [1.54, 1.807) is 12.4 Å². The van der Waals surface area contributed by atoms with Crippen molar-refractivity contribution in [3.8, 4) is 0 Å². The van der Waals surface area contributed by atoms with Crippen LogP contribution in [-0.2, 0) is 9.59 Å². The number of hydrogen-bond donors (Lipinski definition) is 2. The average molecular weight is 547 g/mol. The highest BCUT2D eigenvalue weighted by Gasteiger charge is 2.70. The van der Waals surface area contributed by atoms with Gasteiger partial charge in [0.05, 0.1) is 23.4 Å². The van der Waals surface area contributed by atoms with E-state index in [1.165, 1.54) is 5.57 Å². The van der Waals surface area contributed by atoms with Gasteiger partial charge in [-0.15, -0.1) is 0 Å². The smallest absolute Gasteiger partial charge is 0.235 e. The van der Waals surface area contributed by atoms with Gasteiger partial charge in [-0.3, -0.25) is 14.6 Å². The Morgan fingerprint density at radius 1 is 0.975 bits per heavy atom. The van der Waals surface area contributed by atoms with Gasteiger partial charge < -0.3 is 10.4 Å². The van der Waals surface area contributed by atoms with E-state index in [9.17, 15) is 14.7 Å². The van der Waals surface area contributed by atoms with Gasteiger partial charge in [-0.2, -0.15) is 0 Å². The lowest BCUT2D eigenvalue weighted by Gasteiger charge is -2.72. The number of anilines is 1. The number of allylic oxidation sites excluding steroid dienone is 1. The SMILES string of the molecule is CC(C)C1=C2[C@H]3CC[C@@H]4[C@@]5(C)CC[C@H](O)C(C)(C)[C@@H]5CC[C@@]4(C)[C@]3(C)CC[C@@]2(C(=O)Nc2cccnc2)CC1=O. The van der Waals surface area contributed by atoms with Gasteiger partial charge in [-0.1, -0.05) is 48.5 Å². The highest BCUT2D eigenvalue weighted by molar-refractivity contribution is 6.09. The molecule has 4 fully saturated rings. The molecule has 5 aliphatic carbocycles. The third-order valence-corrected chi connectivity index (χ3v) is 13.8. The van der Waals surface area contributed by atoms with Crippen molar-refractivity contribution in [1.29, 1.82) is 0 Å². The predicted octanol–water partition coefficient (Wildman–Crippen LogP) is 7.36. The Balaban J connectivity index is 1.42. The van der Waals surface area contributed by atoms with E-state index in [2.05, 4.69) is 58.8 Å². The Kier molecular flexibility index (Phi) is 6.32. The molecular weight excluding hydrogens is 496 g/mol. The zero-order valence-electron chi connectivity index (χ0n) is 25.8. The largest absolute Gasteiger partial charge is 0.393 e. The van der Waals surface area contributed by atoms with Gasteiger partial charge in [0.15, 0.2) is 5.78 Å². The van der Waals surface area contributed by atoms with Crippen molar-refractivity contribution in [2.45, 2.75) is 112 Å². The van der Waals surface area contributed by atoms with Gasteiger partial charge in [0, 0.05) is 12.6 Å². The third kappa shape index (κ3) is 3.51. The van der Waals surface area contributed by atoms with E-state index in [4.69, 9.17) is 0 Å². The molecule has 2 N–H and O–H groups in total. The maximum absolute atomic E-state index is 14.2. The molecule has 8 atom stereocenters. The topological polar surface area (TPSA) is 79.3 Å². The van der Waals surface area contributed by atoms with Gasteiger partial charge in [0.2, 0.25) is 5.91 Å². The van der Waals surface area contributed by atoms with Crippen LogP contribution >= 0.6 is 0 Å². The van der Waals surface area contributed by atoms with Gasteiger partial charge >= 0.3 is 0 Å². The number of hydrogen-bond acceptors (Lipinski definition) is 4. The molecular formula is C35H50N2O3. The minimum Gasteiger partial charge on any atom is -0.393 e. The molecule has 0 saturated heterocycles. The minimum absolute atomic E-state index is 0.0208. The van der Waals surface area contributed by atoms with Crippen molar-refractivity contribution < 1.29 is 14.7 Å². The summed E-state index contributed by atoms with van der Waals surface area (Å²) in [6, 6.07) is 3.72. The lowest BCUT2D eigenvalue weighted by molar-refractivity contribution is -0.228. The van der Waals surface area contributed by atoms with Crippen LogP contribution in [0.2, 0.25) is 0 Å². The van der Waals surface area contributed by atoms with Gasteiger partial charge in [0.1, 0.15) is 0 Å². The van der Waals surface area contributed by atoms with Crippen LogP contribution in [0.3, 0.4) is 0 Å². The standard InChI is InChI=1S/C35H50N2O3/c1-21(2)28-24(38)19-35(30(40)37-22-9-8-18-36-20-22)17-16-33(6)23(29(28)35)10-11-26-32(5)14-13-27(39)31(3,4)25(32)12-15-34(26,33)7/h8-9,18,20-21,23,25-27,39H,10-17,19H2,1-7H3,(H,37,40)/t23-,25+,26-,27+,32+,33-,34-,35-/m1/s1. The van der Waals surface area contributed by atoms with Crippen LogP contribution in [0.25, 0.3) is 0 Å². The zero-order valence-corrected chi connectivity index (χ0v) is 25.8. The molecule has 1 aromatic rings. The Hall–Kier alpha value is -2.01. The molecule has 5 nitrogen and oxygen atoms in total. The monoisotopic (exact) mass is 546 g/mol. The maximum Gasteiger partial charge on any atom is 0.235 e. The van der Waals surface area contributed by atoms with Crippen molar-refractivity contribution >= 4 is 17.4 Å². The third-order valence-electron chi connectivity index (χ3n) is 13.8. The fourth-order valence-electron chi connectivity index (χ4n) is 11.6. The molecule has 5 heteroatoms. The number of amides is 1. The number of nitrogens with one attached hydrogen (secondary N) is 1. The number of carbonyl (C=O) groups is 2. The highest BCUT2D eigenvalue weighted by Crippen LogP contribution is 2.76. The number of nitrogens with zero attached hydrogens (tertiary/aromatic N) is 1. The number of aromatic nitrogens is 1. The minimum atomic E-state index is -0.752. The summed E-state index contributed by atoms with van der Waals surface area (Å²) in [6.07, 6.45) is 11.7. The van der Waals surface area contributed by atoms with E-state index in [0.717, 1.165) is 56.9 Å². The van der Waals surface area contributed by atoms with E-state index in [1.807, 2.05) is 12.1 Å². The number of fused-ring (bicyclic) bond motifs is 7. The van der Waals surface area contributed by atoms with Crippen LogP contribution in [0.15, 0.2) is 35.7 Å². The molecule has 1 aromatic heterocycles. The molecule has 1 amide bonds. The number of rotatable bonds is 3. The first-order valence-corrected chi connectivity index (χ1v) is 15.9. The van der Waals surface area contributed by atoms with Crippen LogP contribution < -0.4 is 5.32 Å². The van der Waals surface area contributed by atoms with Crippen molar-refractivity contribution in [1.82, 2.24) is 4.98 Å². The van der Waals surface area contributed by atoms with Crippen molar-refractivity contribution in [2.24, 2.45) is 50.7 Å². The average Bonchev–Trinajstić information content (AvgIpc) is 3.21. The molecule has 0 unspecified atom stereocenters. The molecule has 0 radical (unpaired) electrons. The summed E-state index contributed by atoms with van der Waals surface area (Å²) < 4.78 is 0. The quantitative estimate of drug-likeness (QED) is 0.415. The van der Waals surface area contributed by atoms with Gasteiger partial charge in [-0.05, 0) is 120 Å². The Labute approximate surface area is 241 Å². The maximum atomic E-state index is 14.2. The van der Waals surface area contributed by atoms with E-state index < -0.39 is 5.41 Å². The summed E-state index contributed by atoms with van der Waals surface area (Å²) in [5, 5.41) is 14.2. The molecule has 218 valence electrons. The second-order valence-electron chi connectivity index (χ2n) is 15.9. The number of Topliss-reactive ketones (excluding diaryl/α,β-unsaturated/α-hetero) is 1. The Morgan fingerprint density at radius 3 is 2.40 bits per heavy atom. The first-order valence-electron chi connectivity index (χ1n) is 15.9. The van der Waals surface area contributed by atoms with Crippen molar-refractivity contribution in [3.05, 3.63) is 35.7 Å². The van der Waals surface area contributed by atoms with E-state index in [0.29, 0.717) is 23.9 Å². The predicted molar refractivity (Wildman–Crippen MR) is 158 cm³/mol. The normalized spacial score (nSPS) is 44.0. The number of pyridine rings is 1. The van der Waals surface area contributed by atoms with E-state index in [-0.39, 0.29) is 51.3 Å². The summed E-state index contributed by atoms with van der Waals surface area (Å²) in [4.78, 5) is 32.2. The first kappa shape index (κ1) is 28.1. The van der Waals surface area contributed by atoms with Crippen molar-refractivity contribution in [2.75, 3.05) is 5.32 Å². The molecule has 0 aliphatic heterocycles. The van der Waals surface area contributed by atoms with Gasteiger partial charge in [-0.25, -0.2) is 0 Å². The molecule has 6 rings (SSSR count). The number of aliphatic hydroxyl groups is 1. The number of ketones is 1. The second-order valence-corrected chi connectivity index (χ2v) is 15.9. The van der Waals surface area contributed by atoms with Crippen LogP contribution in [0.5, 0.6) is 0 Å². The lowest BCUT2D eigenvalue weighted by atomic mass is 9.33. The lowest BCUT2D eigenvalue weighted by Crippen LogP contribution is -2.66. The molecule has 4 saturated carbocycles. The summed E-state index contributed by atoms with van der Waals surface area (Å²) in [5.74, 6) is 1.62. The number of carbonyl (C=O) groups excluding carboxylic acids is 2. The first-order chi connectivity index (χ1) is 18.7. The fourth-order valence-corrected chi connectivity index (χ4v) is 11.6. The Bertz CT molecular complexity index is 1250. The zero-order chi connectivity index (χ0) is 28.9. The van der Waals surface area contributed by atoms with Crippen LogP contribution in [0.1, 0.15) is 106 Å². The van der Waals surface area contributed by atoms with E-state index >= 15 is 0 Å². The molecule has 40 heavy (non-hydrogen) atoms. The van der Waals surface area contributed by atoms with Gasteiger partial charge in [0.25, 0.3) is 0 Å². The Morgan fingerprint density at radius 2 is 1.73 bits per heavy atom. The molecule has 0 spiro atoms. The van der Waals surface area contributed by atoms with Crippen LogP contribution in [0.4, 0.5) is 5.69 Å². The summed E-state index contributed by atoms with van der Waals surface area (Å²) >= 11 is 0. The van der Waals surface area contributed by atoms with Crippen LogP contribution in [0, 0.1) is 50.7 Å². The fraction of sp³-hybridized carbons (Fsp3) is 0.743. The van der Waals surface area contributed by atoms with Crippen molar-refractivity contribution in [3.63, 3.8) is 0 Å². The second kappa shape index (κ2) is 8.99. The molecule has 5 aliphatic rings. The summed E-state index contributed by atoms with van der Waals surface area (Å²) in [7, 11) is 0. The summed E-state index contributed by atoms with van der Waals surface area (Å²) in [6.45, 7) is 16.5. The highest BCUT2D eigenvalue weighted by atomic mass is 16.3. The number of aliphatic hydroxyl groups excluding tert-OH is 1.